The van der Waals surface area contributed by atoms with E-state index >= 15 is 0 Å². The van der Waals surface area contributed by atoms with Crippen LogP contribution in [0.2, 0.25) is 0 Å². The van der Waals surface area contributed by atoms with Crippen molar-refractivity contribution in [1.29, 1.82) is 0 Å². The van der Waals surface area contributed by atoms with E-state index in [1.165, 1.54) is 30.3 Å². The van der Waals surface area contributed by atoms with Crippen LogP contribution in [0.3, 0.4) is 0 Å². The molecule has 2 aliphatic heterocycles. The van der Waals surface area contributed by atoms with Gasteiger partial charge in [-0.15, -0.1) is 0 Å². The minimum absolute atomic E-state index is 0.172. The predicted octanol–water partition coefficient (Wildman–Crippen LogP) is 2.07. The first kappa shape index (κ1) is 22.9. The van der Waals surface area contributed by atoms with Gasteiger partial charge >= 0.3 is 6.03 Å². The Hall–Kier alpha value is -4.25. The second-order valence-corrected chi connectivity index (χ2v) is 7.62. The van der Waals surface area contributed by atoms with E-state index in [-0.39, 0.29) is 16.9 Å². The first-order chi connectivity index (χ1) is 16.4. The number of nitrogens with zero attached hydrogens (tertiary/aromatic N) is 3. The highest BCUT2D eigenvalue weighted by atomic mass is 16.6. The van der Waals surface area contributed by atoms with E-state index in [1.807, 2.05) is 11.8 Å². The lowest BCUT2D eigenvalue weighted by Crippen LogP contribution is -2.54. The number of hydrogen-bond donors (Lipinski definition) is 2. The van der Waals surface area contributed by atoms with E-state index in [9.17, 15) is 24.5 Å². The maximum atomic E-state index is 13.3. The van der Waals surface area contributed by atoms with Crippen LogP contribution in [0.25, 0.3) is 6.08 Å². The molecule has 4 rings (SSSR count). The minimum atomic E-state index is -0.877. The van der Waals surface area contributed by atoms with Gasteiger partial charge in [-0.2, -0.15) is 0 Å². The number of carbonyl (C=O) groups excluding carboxylic acids is 3. The molecule has 2 aliphatic rings. The van der Waals surface area contributed by atoms with Crippen LogP contribution < -0.4 is 25.2 Å². The number of non-ortho nitro benzene ring substituents is 1. The van der Waals surface area contributed by atoms with Gasteiger partial charge < -0.3 is 15.0 Å². The van der Waals surface area contributed by atoms with Crippen molar-refractivity contribution >= 4 is 41.0 Å². The SMILES string of the molecule is CCOc1ccc(N2C(=O)NC(=O)/C(=C/c3cc([N+](=O)[O-])ccc3N3CCNCC3)C2=O)cc1. The molecule has 0 aromatic heterocycles. The van der Waals surface area contributed by atoms with Crippen LogP contribution in [-0.4, -0.2) is 55.6 Å². The van der Waals surface area contributed by atoms with Crippen LogP contribution in [0.5, 0.6) is 5.75 Å². The molecule has 0 radical (unpaired) electrons. The number of imide groups is 2. The van der Waals surface area contributed by atoms with Crippen molar-refractivity contribution in [3.8, 4) is 5.75 Å². The fourth-order valence-corrected chi connectivity index (χ4v) is 3.87. The Morgan fingerprint density at radius 2 is 1.79 bits per heavy atom. The molecule has 0 unspecified atom stereocenters. The summed E-state index contributed by atoms with van der Waals surface area (Å²) in [5.74, 6) is -1.12. The molecule has 2 aromatic rings. The van der Waals surface area contributed by atoms with Gasteiger partial charge in [-0.3, -0.25) is 25.0 Å². The van der Waals surface area contributed by atoms with E-state index in [1.54, 1.807) is 18.2 Å². The number of anilines is 2. The van der Waals surface area contributed by atoms with Gasteiger partial charge in [0.2, 0.25) is 0 Å². The van der Waals surface area contributed by atoms with Crippen molar-refractivity contribution in [3.05, 3.63) is 63.7 Å². The van der Waals surface area contributed by atoms with Crippen LogP contribution >= 0.6 is 0 Å². The van der Waals surface area contributed by atoms with Crippen molar-refractivity contribution < 1.29 is 24.0 Å². The van der Waals surface area contributed by atoms with E-state index in [2.05, 4.69) is 10.6 Å². The number of nitro benzene ring substituents is 1. The topological polar surface area (TPSA) is 134 Å². The number of carbonyl (C=O) groups is 3. The summed E-state index contributed by atoms with van der Waals surface area (Å²) >= 11 is 0. The smallest absolute Gasteiger partial charge is 0.335 e. The summed E-state index contributed by atoms with van der Waals surface area (Å²) in [4.78, 5) is 52.1. The zero-order valence-electron chi connectivity index (χ0n) is 18.4. The first-order valence-corrected chi connectivity index (χ1v) is 10.8. The number of ether oxygens (including phenoxy) is 1. The summed E-state index contributed by atoms with van der Waals surface area (Å²) in [6.07, 6.45) is 1.30. The summed E-state index contributed by atoms with van der Waals surface area (Å²) in [7, 11) is 0. The minimum Gasteiger partial charge on any atom is -0.494 e. The molecular weight excluding hydrogens is 442 g/mol. The molecule has 34 heavy (non-hydrogen) atoms. The van der Waals surface area contributed by atoms with Crippen LogP contribution in [-0.2, 0) is 9.59 Å². The van der Waals surface area contributed by atoms with Gasteiger partial charge in [0.05, 0.1) is 17.2 Å². The quantitative estimate of drug-likeness (QED) is 0.287. The zero-order chi connectivity index (χ0) is 24.2. The molecule has 0 bridgehead atoms. The number of hydrogen-bond acceptors (Lipinski definition) is 8. The molecule has 2 aromatic carbocycles. The average molecular weight is 465 g/mol. The number of piperazine rings is 1. The second kappa shape index (κ2) is 9.71. The lowest BCUT2D eigenvalue weighted by molar-refractivity contribution is -0.384. The third-order valence-electron chi connectivity index (χ3n) is 5.49. The van der Waals surface area contributed by atoms with Gasteiger partial charge in [0.15, 0.2) is 0 Å². The molecule has 0 saturated carbocycles. The normalized spacial score (nSPS) is 17.7. The van der Waals surface area contributed by atoms with Crippen molar-refractivity contribution in [1.82, 2.24) is 10.6 Å². The summed E-state index contributed by atoms with van der Waals surface area (Å²) in [6, 6.07) is 9.74. The van der Waals surface area contributed by atoms with E-state index in [4.69, 9.17) is 4.74 Å². The lowest BCUT2D eigenvalue weighted by Gasteiger charge is -2.31. The van der Waals surface area contributed by atoms with Gasteiger partial charge in [0, 0.05) is 49.6 Å². The highest BCUT2D eigenvalue weighted by molar-refractivity contribution is 6.39. The largest absolute Gasteiger partial charge is 0.494 e. The Bertz CT molecular complexity index is 1170. The van der Waals surface area contributed by atoms with Crippen LogP contribution in [0.1, 0.15) is 12.5 Å². The van der Waals surface area contributed by atoms with Gasteiger partial charge in [0.1, 0.15) is 11.3 Å². The Morgan fingerprint density at radius 1 is 1.09 bits per heavy atom. The van der Waals surface area contributed by atoms with Gasteiger partial charge in [0.25, 0.3) is 17.5 Å². The van der Waals surface area contributed by atoms with Crippen molar-refractivity contribution in [3.63, 3.8) is 0 Å². The standard InChI is InChI=1S/C23H23N5O6/c1-2-34-18-6-3-16(4-7-18)27-22(30)19(21(29)25-23(27)31)14-15-13-17(28(32)33)5-8-20(15)26-11-9-24-10-12-26/h3-8,13-14,24H,2,9-12H2,1H3,(H,25,29,31)/b19-14-. The molecule has 4 amide bonds. The maximum Gasteiger partial charge on any atom is 0.335 e. The van der Waals surface area contributed by atoms with E-state index < -0.39 is 22.8 Å². The molecule has 0 aliphatic carbocycles. The fraction of sp³-hybridized carbons (Fsp3) is 0.261. The highest BCUT2D eigenvalue weighted by Crippen LogP contribution is 2.30. The second-order valence-electron chi connectivity index (χ2n) is 7.62. The number of urea groups is 1. The lowest BCUT2D eigenvalue weighted by atomic mass is 10.0. The van der Waals surface area contributed by atoms with Crippen molar-refractivity contribution in [2.24, 2.45) is 0 Å². The van der Waals surface area contributed by atoms with Gasteiger partial charge in [-0.05, 0) is 43.3 Å². The van der Waals surface area contributed by atoms with Crippen LogP contribution in [0, 0.1) is 10.1 Å². The summed E-state index contributed by atoms with van der Waals surface area (Å²) < 4.78 is 5.39. The fourth-order valence-electron chi connectivity index (χ4n) is 3.87. The van der Waals surface area contributed by atoms with Crippen molar-refractivity contribution in [2.45, 2.75) is 6.92 Å². The molecular formula is C23H23N5O6. The first-order valence-electron chi connectivity index (χ1n) is 10.8. The maximum absolute atomic E-state index is 13.3. The van der Waals surface area contributed by atoms with E-state index in [0.29, 0.717) is 36.7 Å². The number of barbiturate groups is 1. The van der Waals surface area contributed by atoms with Crippen molar-refractivity contribution in [2.75, 3.05) is 42.6 Å². The molecule has 0 atom stereocenters. The monoisotopic (exact) mass is 465 g/mol. The summed E-state index contributed by atoms with van der Waals surface area (Å²) in [5.41, 5.74) is 0.783. The predicted molar refractivity (Wildman–Crippen MR) is 125 cm³/mol. The molecule has 2 N–H and O–H groups in total. The molecule has 2 heterocycles. The molecule has 11 nitrogen and oxygen atoms in total. The van der Waals surface area contributed by atoms with Gasteiger partial charge in [-0.1, -0.05) is 0 Å². The third kappa shape index (κ3) is 4.59. The number of amides is 4. The van der Waals surface area contributed by atoms with Gasteiger partial charge in [-0.25, -0.2) is 9.69 Å². The molecule has 0 spiro atoms. The molecule has 176 valence electrons. The Balaban J connectivity index is 1.74. The Labute approximate surface area is 195 Å². The third-order valence-corrected chi connectivity index (χ3v) is 5.49. The zero-order valence-corrected chi connectivity index (χ0v) is 18.4. The number of nitro groups is 1. The highest BCUT2D eigenvalue weighted by Gasteiger charge is 2.37. The van der Waals surface area contributed by atoms with Crippen LogP contribution in [0.4, 0.5) is 21.9 Å². The number of rotatable bonds is 6. The van der Waals surface area contributed by atoms with E-state index in [0.717, 1.165) is 18.0 Å². The van der Waals surface area contributed by atoms with Crippen LogP contribution in [0.15, 0.2) is 48.0 Å². The molecule has 2 saturated heterocycles. The Kier molecular flexibility index (Phi) is 6.55. The summed E-state index contributed by atoms with van der Waals surface area (Å²) in [6.45, 7) is 5.07. The molecule has 11 heteroatoms. The number of benzene rings is 2. The number of nitrogens with one attached hydrogen (secondary N) is 2. The summed E-state index contributed by atoms with van der Waals surface area (Å²) in [5, 5.41) is 16.8. The average Bonchev–Trinajstić information content (AvgIpc) is 2.83. The molecule has 2 fully saturated rings. The Morgan fingerprint density at radius 3 is 2.44 bits per heavy atom.